The number of amides is 2. The van der Waals surface area contributed by atoms with Crippen LogP contribution in [0.4, 0.5) is 5.69 Å². The van der Waals surface area contributed by atoms with Gasteiger partial charge in [0, 0.05) is 17.7 Å². The van der Waals surface area contributed by atoms with Crippen LogP contribution in [-0.4, -0.2) is 40.4 Å². The molecule has 0 spiro atoms. The Morgan fingerprint density at radius 2 is 1.69 bits per heavy atom. The monoisotopic (exact) mass is 615 g/mol. The number of benzene rings is 3. The third-order valence-corrected chi connectivity index (χ3v) is 9.36. The van der Waals surface area contributed by atoms with Gasteiger partial charge in [-0.15, -0.1) is 0 Å². The van der Waals surface area contributed by atoms with Gasteiger partial charge < -0.3 is 4.74 Å². The van der Waals surface area contributed by atoms with Crippen molar-refractivity contribution in [2.24, 2.45) is 0 Å². The minimum atomic E-state index is -0.728. The van der Waals surface area contributed by atoms with E-state index in [1.807, 2.05) is 43.3 Å². The molecule has 2 aliphatic rings. The maximum atomic E-state index is 13.4. The summed E-state index contributed by atoms with van der Waals surface area (Å²) in [5.74, 6) is -1.42. The largest absolute Gasteiger partial charge is 0.454 e. The van der Waals surface area contributed by atoms with Crippen LogP contribution in [0.5, 0.6) is 0 Å². The number of carbonyl (C=O) groups excluding carboxylic acids is 4. The Bertz CT molecular complexity index is 1830. The molecule has 0 saturated carbocycles. The minimum absolute atomic E-state index is 0.0336. The van der Waals surface area contributed by atoms with Gasteiger partial charge in [-0.1, -0.05) is 71.9 Å². The Labute approximate surface area is 265 Å². The first-order valence-corrected chi connectivity index (χ1v) is 15.6. The number of rotatable bonds is 8. The van der Waals surface area contributed by atoms with Gasteiger partial charge in [0.25, 0.3) is 0 Å². The Hall–Kier alpha value is -5.07. The first-order valence-electron chi connectivity index (χ1n) is 14.7. The minimum Gasteiger partial charge on any atom is -0.454 e. The summed E-state index contributed by atoms with van der Waals surface area (Å²) < 4.78 is 5.18. The van der Waals surface area contributed by atoms with Crippen LogP contribution >= 0.6 is 11.8 Å². The molecule has 8 nitrogen and oxygen atoms in total. The summed E-state index contributed by atoms with van der Waals surface area (Å²) in [4.78, 5) is 57.2. The second-order valence-corrected chi connectivity index (χ2v) is 12.4. The zero-order valence-corrected chi connectivity index (χ0v) is 25.4. The van der Waals surface area contributed by atoms with Crippen molar-refractivity contribution < 1.29 is 23.9 Å². The van der Waals surface area contributed by atoms with Gasteiger partial charge in [-0.3, -0.25) is 14.4 Å². The maximum absolute atomic E-state index is 13.4. The number of nitriles is 1. The van der Waals surface area contributed by atoms with Gasteiger partial charge in [-0.2, -0.15) is 5.26 Å². The van der Waals surface area contributed by atoms with Gasteiger partial charge in [0.15, 0.2) is 12.4 Å². The van der Waals surface area contributed by atoms with Crippen LogP contribution in [0.3, 0.4) is 0 Å². The van der Waals surface area contributed by atoms with Crippen molar-refractivity contribution in [3.8, 4) is 6.07 Å². The van der Waals surface area contributed by atoms with Crippen LogP contribution in [0.15, 0.2) is 90.0 Å². The van der Waals surface area contributed by atoms with Crippen molar-refractivity contribution in [2.45, 2.75) is 48.8 Å². The second-order valence-electron chi connectivity index (χ2n) is 11.2. The highest BCUT2D eigenvalue weighted by Gasteiger charge is 2.41. The zero-order chi connectivity index (χ0) is 31.5. The van der Waals surface area contributed by atoms with Crippen LogP contribution in [0.1, 0.15) is 67.4 Å². The number of imide groups is 1. The Balaban J connectivity index is 1.10. The Morgan fingerprint density at radius 1 is 0.978 bits per heavy atom. The molecular formula is C36H29N3O5S. The Morgan fingerprint density at radius 3 is 2.40 bits per heavy atom. The van der Waals surface area contributed by atoms with E-state index in [2.05, 4.69) is 18.2 Å². The lowest BCUT2D eigenvalue weighted by Gasteiger charge is -2.25. The molecule has 1 aromatic heterocycles. The molecule has 2 amide bonds. The van der Waals surface area contributed by atoms with E-state index in [4.69, 9.17) is 9.72 Å². The number of ketones is 1. The molecule has 4 aromatic rings. The SMILES string of the molecule is Cc1ccc(C(=O)COC(=O)c2ccc(N3C(=O)CC(Sc4nc5c(cc4C#N)CC(c4ccccc4)CC5)C3=O)cc2)cc1. The molecule has 2 heterocycles. The number of fused-ring (bicyclic) bond motifs is 1. The average Bonchev–Trinajstić information content (AvgIpc) is 3.35. The number of carbonyl (C=O) groups is 4. The predicted molar refractivity (Wildman–Crippen MR) is 169 cm³/mol. The molecule has 6 rings (SSSR count). The standard InChI is InChI=1S/C36H29N3O5S/c1-22-7-9-24(10-8-22)31(40)21-44-36(43)25-11-14-29(15-12-25)39-33(41)19-32(35(39)42)45-34-28(20-37)18-27-17-26(13-16-30(27)38-34)23-5-3-2-4-6-23/h2-12,14-15,18,26,32H,13,16-17,19,21H2,1H3. The molecule has 1 aliphatic carbocycles. The number of Topliss-reactive ketones (excluding diaryl/α,β-unsaturated/α-hetero) is 1. The third-order valence-electron chi connectivity index (χ3n) is 8.17. The first kappa shape index (κ1) is 30.0. The maximum Gasteiger partial charge on any atom is 0.338 e. The summed E-state index contributed by atoms with van der Waals surface area (Å²) in [5, 5.41) is 9.64. The molecular weight excluding hydrogens is 586 g/mol. The molecule has 2 atom stereocenters. The lowest BCUT2D eigenvalue weighted by atomic mass is 9.82. The van der Waals surface area contributed by atoms with Gasteiger partial charge in [-0.05, 0) is 73.6 Å². The molecule has 0 N–H and O–H groups in total. The van der Waals surface area contributed by atoms with E-state index >= 15 is 0 Å². The smallest absolute Gasteiger partial charge is 0.338 e. The van der Waals surface area contributed by atoms with Gasteiger partial charge >= 0.3 is 5.97 Å². The summed E-state index contributed by atoms with van der Waals surface area (Å²) in [5.41, 5.74) is 5.63. The van der Waals surface area contributed by atoms with Crippen molar-refractivity contribution in [3.05, 3.63) is 124 Å². The lowest BCUT2D eigenvalue weighted by molar-refractivity contribution is -0.121. The molecule has 9 heteroatoms. The van der Waals surface area contributed by atoms with E-state index in [1.54, 1.807) is 12.1 Å². The van der Waals surface area contributed by atoms with E-state index in [0.717, 1.165) is 52.7 Å². The van der Waals surface area contributed by atoms with E-state index in [9.17, 15) is 24.4 Å². The molecule has 1 aliphatic heterocycles. The van der Waals surface area contributed by atoms with Crippen molar-refractivity contribution in [1.82, 2.24) is 4.98 Å². The van der Waals surface area contributed by atoms with E-state index in [1.165, 1.54) is 29.8 Å². The number of pyridine rings is 1. The second kappa shape index (κ2) is 12.9. The lowest BCUT2D eigenvalue weighted by Crippen LogP contribution is -2.31. The van der Waals surface area contributed by atoms with Gasteiger partial charge in [0.1, 0.15) is 11.1 Å². The zero-order valence-electron chi connectivity index (χ0n) is 24.6. The highest BCUT2D eigenvalue weighted by molar-refractivity contribution is 8.00. The first-order chi connectivity index (χ1) is 21.8. The molecule has 3 aromatic carbocycles. The van der Waals surface area contributed by atoms with Crippen LogP contribution in [-0.2, 0) is 27.2 Å². The molecule has 0 bridgehead atoms. The number of aryl methyl sites for hydroxylation is 2. The highest BCUT2D eigenvalue weighted by atomic mass is 32.2. The van der Waals surface area contributed by atoms with Gasteiger partial charge in [0.2, 0.25) is 11.8 Å². The van der Waals surface area contributed by atoms with Crippen molar-refractivity contribution in [2.75, 3.05) is 11.5 Å². The normalized spacial score (nSPS) is 17.5. The molecule has 2 unspecified atom stereocenters. The molecule has 45 heavy (non-hydrogen) atoms. The summed E-state index contributed by atoms with van der Waals surface area (Å²) in [6.45, 7) is 1.51. The Kier molecular flexibility index (Phi) is 8.58. The fraction of sp³-hybridized carbons (Fsp3) is 0.222. The van der Waals surface area contributed by atoms with Crippen molar-refractivity contribution in [3.63, 3.8) is 0 Å². The van der Waals surface area contributed by atoms with Crippen LogP contribution in [0.25, 0.3) is 0 Å². The number of hydrogen-bond donors (Lipinski definition) is 0. The number of esters is 1. The van der Waals surface area contributed by atoms with E-state index in [0.29, 0.717) is 27.8 Å². The highest BCUT2D eigenvalue weighted by Crippen LogP contribution is 2.38. The topological polar surface area (TPSA) is 117 Å². The van der Waals surface area contributed by atoms with Crippen LogP contribution in [0, 0.1) is 18.3 Å². The summed E-state index contributed by atoms with van der Waals surface area (Å²) in [7, 11) is 0. The van der Waals surface area contributed by atoms with Crippen molar-refractivity contribution in [1.29, 1.82) is 5.26 Å². The van der Waals surface area contributed by atoms with E-state index < -0.39 is 23.7 Å². The van der Waals surface area contributed by atoms with E-state index in [-0.39, 0.29) is 23.7 Å². The molecule has 224 valence electrons. The molecule has 0 radical (unpaired) electrons. The summed E-state index contributed by atoms with van der Waals surface area (Å²) in [6.07, 6.45) is 2.48. The van der Waals surface area contributed by atoms with Crippen molar-refractivity contribution >= 4 is 41.0 Å². The van der Waals surface area contributed by atoms with Gasteiger partial charge in [0.05, 0.1) is 22.1 Å². The fourth-order valence-electron chi connectivity index (χ4n) is 5.71. The quantitative estimate of drug-likeness (QED) is 0.135. The number of aromatic nitrogens is 1. The molecule has 1 saturated heterocycles. The fourth-order valence-corrected chi connectivity index (χ4v) is 6.81. The van der Waals surface area contributed by atoms with Crippen LogP contribution in [0.2, 0.25) is 0 Å². The number of ether oxygens (including phenoxy) is 1. The summed E-state index contributed by atoms with van der Waals surface area (Å²) >= 11 is 1.15. The number of hydrogen-bond acceptors (Lipinski definition) is 8. The van der Waals surface area contributed by atoms with Gasteiger partial charge in [-0.25, -0.2) is 14.7 Å². The summed E-state index contributed by atoms with van der Waals surface area (Å²) in [6, 6.07) is 27.3. The average molecular weight is 616 g/mol. The number of anilines is 1. The molecule has 1 fully saturated rings. The predicted octanol–water partition coefficient (Wildman–Crippen LogP) is 6.00. The van der Waals surface area contributed by atoms with Crippen LogP contribution < -0.4 is 4.90 Å². The number of thioether (sulfide) groups is 1. The third kappa shape index (κ3) is 6.42. The number of nitrogens with zero attached hydrogens (tertiary/aromatic N) is 3.